The highest BCUT2D eigenvalue weighted by molar-refractivity contribution is 7.85. The minimum absolute atomic E-state index is 0.633. The molecule has 0 aliphatic heterocycles. The highest BCUT2D eigenvalue weighted by atomic mass is 31.2. The molecule has 0 unspecified atom stereocenters. The molecule has 0 aromatic heterocycles. The maximum atomic E-state index is 15.8. The van der Waals surface area contributed by atoms with Gasteiger partial charge in [-0.2, -0.15) is 0 Å². The Morgan fingerprint density at radius 3 is 1.30 bits per heavy atom. The van der Waals surface area contributed by atoms with E-state index >= 15 is 9.13 Å². The number of allylic oxidation sites excluding steroid dienone is 7. The molecule has 57 heavy (non-hydrogen) atoms. The van der Waals surface area contributed by atoms with Crippen molar-refractivity contribution in [1.29, 1.82) is 0 Å². The van der Waals surface area contributed by atoms with Crippen molar-refractivity contribution in [2.75, 3.05) is 0 Å². The highest BCUT2D eigenvalue weighted by Gasteiger charge is 2.36. The van der Waals surface area contributed by atoms with E-state index in [9.17, 15) is 0 Å². The zero-order valence-corrected chi connectivity index (χ0v) is 33.2. The largest absolute Gasteiger partial charge is 0.309 e. The summed E-state index contributed by atoms with van der Waals surface area (Å²) in [5.41, 5.74) is 9.41. The molecule has 0 saturated carbocycles. The Hall–Kier alpha value is -6.30. The van der Waals surface area contributed by atoms with Crippen LogP contribution in [0.2, 0.25) is 0 Å². The standard InChI is InChI=1S/C53H40O2P2/c1-39-19-7-2-16-30-50(47-29-18-17-20-40(47)32-31-39)53-51-37-45(56(54,41-21-8-3-9-22-41)42-23-10-4-11-24-42)33-35-48(51)49-36-34-46(38-52(49)53)57(55,43-25-12-5-13-26-43)44-27-14-6-15-28-44/h2-29,31-38H,1,30H2/b16-2-,19-7-,32-31-. The fourth-order valence-corrected chi connectivity index (χ4v) is 13.6. The topological polar surface area (TPSA) is 34.1 Å². The summed E-state index contributed by atoms with van der Waals surface area (Å²) in [5.74, 6) is 0. The molecule has 0 saturated heterocycles. The lowest BCUT2D eigenvalue weighted by atomic mass is 9.88. The van der Waals surface area contributed by atoms with Gasteiger partial charge >= 0.3 is 0 Å². The highest BCUT2D eigenvalue weighted by Crippen LogP contribution is 2.52. The van der Waals surface area contributed by atoms with Crippen molar-refractivity contribution in [1.82, 2.24) is 0 Å². The van der Waals surface area contributed by atoms with Gasteiger partial charge in [0.2, 0.25) is 0 Å². The molecular weight excluding hydrogens is 731 g/mol. The van der Waals surface area contributed by atoms with Crippen molar-refractivity contribution in [3.63, 3.8) is 0 Å². The van der Waals surface area contributed by atoms with E-state index in [4.69, 9.17) is 0 Å². The van der Waals surface area contributed by atoms with Crippen LogP contribution in [0.4, 0.5) is 0 Å². The summed E-state index contributed by atoms with van der Waals surface area (Å²) < 4.78 is 31.7. The normalized spacial score (nSPS) is 15.5. The van der Waals surface area contributed by atoms with Gasteiger partial charge in [-0.1, -0.05) is 213 Å². The Morgan fingerprint density at radius 2 is 0.825 bits per heavy atom. The smallest absolute Gasteiger partial charge is 0.171 e. The van der Waals surface area contributed by atoms with Gasteiger partial charge in [-0.3, -0.25) is 0 Å². The van der Waals surface area contributed by atoms with Crippen LogP contribution < -0.4 is 31.8 Å². The van der Waals surface area contributed by atoms with Crippen LogP contribution in [0.5, 0.6) is 0 Å². The molecule has 0 heterocycles. The fourth-order valence-electron chi connectivity index (χ4n) is 8.22. The second-order valence-electron chi connectivity index (χ2n) is 14.4. The van der Waals surface area contributed by atoms with Gasteiger partial charge in [-0.05, 0) is 68.7 Å². The molecule has 2 aliphatic carbocycles. The molecule has 7 aromatic carbocycles. The summed E-state index contributed by atoms with van der Waals surface area (Å²) >= 11 is 0. The van der Waals surface area contributed by atoms with Crippen LogP contribution in [0.1, 0.15) is 28.7 Å². The molecule has 0 atom stereocenters. The van der Waals surface area contributed by atoms with Crippen LogP contribution in [-0.2, 0) is 9.13 Å². The van der Waals surface area contributed by atoms with E-state index in [1.54, 1.807) is 0 Å². The third-order valence-corrected chi connectivity index (χ3v) is 17.1. The van der Waals surface area contributed by atoms with E-state index in [-0.39, 0.29) is 0 Å². The Labute approximate surface area is 335 Å². The SMILES string of the molecule is C=C1/C=C\C=C/CC(=C2c3cc(P(=O)(c4ccccc4)c4ccccc4)ccc3-c3ccc(P(=O)(c4ccccc4)c4ccccc4)cc32)c2ccccc2/C=C\1. The van der Waals surface area contributed by atoms with Crippen molar-refractivity contribution >= 4 is 63.3 Å². The maximum Gasteiger partial charge on any atom is 0.171 e. The Morgan fingerprint density at radius 1 is 0.386 bits per heavy atom. The molecular formula is C53H40O2P2. The zero-order valence-electron chi connectivity index (χ0n) is 31.4. The molecule has 0 fully saturated rings. The number of hydrogen-bond acceptors (Lipinski definition) is 2. The van der Waals surface area contributed by atoms with Gasteiger partial charge in [0, 0.05) is 31.8 Å². The molecule has 274 valence electrons. The molecule has 9 rings (SSSR count). The summed E-state index contributed by atoms with van der Waals surface area (Å²) in [6.07, 6.45) is 13.1. The summed E-state index contributed by atoms with van der Waals surface area (Å²) in [6, 6.07) is 60.6. The summed E-state index contributed by atoms with van der Waals surface area (Å²) in [6.45, 7) is 4.24. The van der Waals surface area contributed by atoms with Crippen molar-refractivity contribution in [2.45, 2.75) is 6.42 Å². The van der Waals surface area contributed by atoms with E-state index in [2.05, 4.69) is 79.4 Å². The second kappa shape index (κ2) is 15.3. The first kappa shape index (κ1) is 36.3. The molecule has 0 radical (unpaired) electrons. The minimum atomic E-state index is -3.30. The summed E-state index contributed by atoms with van der Waals surface area (Å²) in [5, 5.41) is 4.68. The number of hydrogen-bond donors (Lipinski definition) is 0. The average molecular weight is 771 g/mol. The molecule has 7 aromatic rings. The fraction of sp³-hybridized carbons (Fsp3) is 0.0189. The maximum absolute atomic E-state index is 15.8. The molecule has 0 bridgehead atoms. The molecule has 0 amide bonds. The quantitative estimate of drug-likeness (QED) is 0.158. The van der Waals surface area contributed by atoms with E-state index in [0.717, 1.165) is 81.9 Å². The Bertz CT molecular complexity index is 2630. The van der Waals surface area contributed by atoms with Crippen LogP contribution in [-0.4, -0.2) is 0 Å². The third-order valence-electron chi connectivity index (χ3n) is 11.0. The predicted octanol–water partition coefficient (Wildman–Crippen LogP) is 11.0. The van der Waals surface area contributed by atoms with E-state index in [1.807, 2.05) is 146 Å². The van der Waals surface area contributed by atoms with Gasteiger partial charge in [-0.15, -0.1) is 0 Å². The third kappa shape index (κ3) is 6.52. The van der Waals surface area contributed by atoms with E-state index < -0.39 is 14.3 Å². The van der Waals surface area contributed by atoms with Crippen molar-refractivity contribution < 1.29 is 9.13 Å². The Kier molecular flexibility index (Phi) is 9.77. The lowest BCUT2D eigenvalue weighted by Crippen LogP contribution is -2.25. The first-order valence-electron chi connectivity index (χ1n) is 19.2. The monoisotopic (exact) mass is 770 g/mol. The lowest BCUT2D eigenvalue weighted by molar-refractivity contribution is 0.591. The number of benzene rings is 7. The van der Waals surface area contributed by atoms with Crippen LogP contribution in [0.3, 0.4) is 0 Å². The van der Waals surface area contributed by atoms with Crippen molar-refractivity contribution in [3.8, 4) is 11.1 Å². The summed E-state index contributed by atoms with van der Waals surface area (Å²) in [4.78, 5) is 0. The van der Waals surface area contributed by atoms with Crippen LogP contribution in [0.15, 0.2) is 225 Å². The van der Waals surface area contributed by atoms with Crippen LogP contribution in [0.25, 0.3) is 28.3 Å². The van der Waals surface area contributed by atoms with E-state index in [1.165, 1.54) is 0 Å². The first-order valence-corrected chi connectivity index (χ1v) is 22.6. The van der Waals surface area contributed by atoms with Gasteiger partial charge in [0.25, 0.3) is 0 Å². The molecule has 0 N–H and O–H groups in total. The van der Waals surface area contributed by atoms with Gasteiger partial charge in [0.15, 0.2) is 14.3 Å². The van der Waals surface area contributed by atoms with Crippen LogP contribution >= 0.6 is 14.3 Å². The lowest BCUT2D eigenvalue weighted by Gasteiger charge is -2.22. The molecule has 2 aliphatic rings. The Balaban J connectivity index is 1.36. The number of rotatable bonds is 6. The molecule has 2 nitrogen and oxygen atoms in total. The van der Waals surface area contributed by atoms with E-state index in [0.29, 0.717) is 6.42 Å². The van der Waals surface area contributed by atoms with Gasteiger partial charge in [-0.25, -0.2) is 0 Å². The van der Waals surface area contributed by atoms with Crippen molar-refractivity contribution in [3.05, 3.63) is 247 Å². The minimum Gasteiger partial charge on any atom is -0.309 e. The zero-order chi connectivity index (χ0) is 38.8. The average Bonchev–Trinajstić information content (AvgIpc) is 3.58. The first-order chi connectivity index (χ1) is 28.0. The van der Waals surface area contributed by atoms with Crippen molar-refractivity contribution in [2.24, 2.45) is 0 Å². The predicted molar refractivity (Wildman–Crippen MR) is 244 cm³/mol. The van der Waals surface area contributed by atoms with Crippen LogP contribution in [0, 0.1) is 0 Å². The van der Waals surface area contributed by atoms with Gasteiger partial charge in [0.05, 0.1) is 0 Å². The second-order valence-corrected chi connectivity index (χ2v) is 19.9. The van der Waals surface area contributed by atoms with Gasteiger partial charge < -0.3 is 9.13 Å². The summed E-state index contributed by atoms with van der Waals surface area (Å²) in [7, 11) is -6.61. The van der Waals surface area contributed by atoms with Gasteiger partial charge in [0.1, 0.15) is 0 Å². The molecule has 0 spiro atoms. The molecule has 4 heteroatoms. The number of fused-ring (bicyclic) bond motifs is 4.